The maximum absolute atomic E-state index is 10.4. The van der Waals surface area contributed by atoms with E-state index < -0.39 is 5.97 Å². The highest BCUT2D eigenvalue weighted by atomic mass is 35.5. The van der Waals surface area contributed by atoms with E-state index in [1.165, 1.54) is 0 Å². The Labute approximate surface area is 95.5 Å². The topological polar surface area (TPSA) is 90.4 Å². The van der Waals surface area contributed by atoms with Crippen molar-refractivity contribution < 1.29 is 9.90 Å². The molecule has 0 amide bonds. The molecule has 0 aromatic carbocycles. The Morgan fingerprint density at radius 2 is 2.27 bits per heavy atom. The number of likely N-dealkylation sites (tertiary alicyclic amines) is 1. The zero-order chi connectivity index (χ0) is 10.6. The number of nitrogens with one attached hydrogen (secondary N) is 1. The van der Waals surface area contributed by atoms with Gasteiger partial charge in [-0.15, -0.1) is 12.4 Å². The average Bonchev–Trinajstić information content (AvgIpc) is 2.15. The molecule has 0 aliphatic carbocycles. The number of guanidine groups is 1. The molecule has 0 saturated carbocycles. The summed E-state index contributed by atoms with van der Waals surface area (Å²) in [7, 11) is 0. The molecule has 0 spiro atoms. The molecule has 0 aromatic rings. The van der Waals surface area contributed by atoms with Gasteiger partial charge >= 0.3 is 5.97 Å². The van der Waals surface area contributed by atoms with Gasteiger partial charge in [-0.1, -0.05) is 0 Å². The van der Waals surface area contributed by atoms with Crippen LogP contribution in [0.25, 0.3) is 0 Å². The van der Waals surface area contributed by atoms with E-state index in [2.05, 4.69) is 0 Å². The molecule has 88 valence electrons. The lowest BCUT2D eigenvalue weighted by molar-refractivity contribution is -0.137. The lowest BCUT2D eigenvalue weighted by atomic mass is 9.93. The highest BCUT2D eigenvalue weighted by molar-refractivity contribution is 5.85. The van der Waals surface area contributed by atoms with Crippen LogP contribution in [0.2, 0.25) is 0 Å². The molecule has 4 N–H and O–H groups in total. The lowest BCUT2D eigenvalue weighted by Gasteiger charge is -2.32. The molecule has 5 nitrogen and oxygen atoms in total. The number of hydrogen-bond donors (Lipinski definition) is 3. The number of rotatable bonds is 3. The summed E-state index contributed by atoms with van der Waals surface area (Å²) >= 11 is 0. The van der Waals surface area contributed by atoms with Crippen LogP contribution in [0.1, 0.15) is 25.7 Å². The van der Waals surface area contributed by atoms with Crippen LogP contribution >= 0.6 is 12.4 Å². The number of piperidine rings is 1. The molecule has 1 fully saturated rings. The second kappa shape index (κ2) is 6.50. The van der Waals surface area contributed by atoms with Crippen molar-refractivity contribution in [1.29, 1.82) is 5.41 Å². The molecule has 0 radical (unpaired) electrons. The number of carbonyl (C=O) groups is 1. The molecule has 1 unspecified atom stereocenters. The Kier molecular flexibility index (Phi) is 6.08. The fourth-order valence-electron chi connectivity index (χ4n) is 1.85. The van der Waals surface area contributed by atoms with E-state index >= 15 is 0 Å². The normalized spacial score (nSPS) is 20.5. The van der Waals surface area contributed by atoms with E-state index in [1.807, 2.05) is 4.90 Å². The van der Waals surface area contributed by atoms with Crippen molar-refractivity contribution in [3.05, 3.63) is 0 Å². The summed E-state index contributed by atoms with van der Waals surface area (Å²) < 4.78 is 0. The van der Waals surface area contributed by atoms with E-state index in [9.17, 15) is 4.79 Å². The molecule has 1 aliphatic rings. The first-order valence-corrected chi connectivity index (χ1v) is 4.90. The van der Waals surface area contributed by atoms with Crippen LogP contribution < -0.4 is 5.73 Å². The second-order valence-corrected chi connectivity index (χ2v) is 3.77. The van der Waals surface area contributed by atoms with Gasteiger partial charge < -0.3 is 15.7 Å². The van der Waals surface area contributed by atoms with Gasteiger partial charge in [0.25, 0.3) is 0 Å². The SMILES string of the molecule is Cl.N=C(N)N1CCCC(CCC(=O)O)C1. The van der Waals surface area contributed by atoms with Crippen molar-refractivity contribution in [2.45, 2.75) is 25.7 Å². The molecule has 6 heteroatoms. The summed E-state index contributed by atoms with van der Waals surface area (Å²) in [5, 5.41) is 15.8. The summed E-state index contributed by atoms with van der Waals surface area (Å²) in [5.74, 6) is -0.265. The van der Waals surface area contributed by atoms with Gasteiger partial charge in [0, 0.05) is 19.5 Å². The van der Waals surface area contributed by atoms with Gasteiger partial charge in [0.15, 0.2) is 5.96 Å². The number of nitrogens with two attached hydrogens (primary N) is 1. The number of aliphatic carboxylic acids is 1. The van der Waals surface area contributed by atoms with Gasteiger partial charge in [-0.3, -0.25) is 10.2 Å². The Bertz CT molecular complexity index is 235. The van der Waals surface area contributed by atoms with E-state index in [0.717, 1.165) is 25.9 Å². The van der Waals surface area contributed by atoms with Crippen molar-refractivity contribution >= 4 is 24.3 Å². The Hall–Kier alpha value is -0.970. The third-order valence-electron chi connectivity index (χ3n) is 2.63. The Morgan fingerprint density at radius 3 is 2.80 bits per heavy atom. The second-order valence-electron chi connectivity index (χ2n) is 3.77. The number of nitrogens with zero attached hydrogens (tertiary/aromatic N) is 1. The van der Waals surface area contributed by atoms with Gasteiger partial charge in [0.2, 0.25) is 0 Å². The fourth-order valence-corrected chi connectivity index (χ4v) is 1.85. The first-order valence-electron chi connectivity index (χ1n) is 4.90. The Morgan fingerprint density at radius 1 is 1.60 bits per heavy atom. The fraction of sp³-hybridized carbons (Fsp3) is 0.778. The smallest absolute Gasteiger partial charge is 0.303 e. The van der Waals surface area contributed by atoms with Crippen molar-refractivity contribution in [2.24, 2.45) is 11.7 Å². The predicted molar refractivity (Wildman–Crippen MR) is 60.3 cm³/mol. The maximum atomic E-state index is 10.4. The van der Waals surface area contributed by atoms with Crippen LogP contribution in [0.4, 0.5) is 0 Å². The van der Waals surface area contributed by atoms with Gasteiger partial charge in [-0.2, -0.15) is 0 Å². The summed E-state index contributed by atoms with van der Waals surface area (Å²) in [5.41, 5.74) is 5.38. The molecule has 1 aliphatic heterocycles. The van der Waals surface area contributed by atoms with Crippen molar-refractivity contribution in [3.8, 4) is 0 Å². The zero-order valence-corrected chi connectivity index (χ0v) is 9.42. The summed E-state index contributed by atoms with van der Waals surface area (Å²) in [6.45, 7) is 1.57. The highest BCUT2D eigenvalue weighted by Gasteiger charge is 2.20. The molecule has 1 rings (SSSR count). The molecule has 1 heterocycles. The summed E-state index contributed by atoms with van der Waals surface area (Å²) in [4.78, 5) is 12.2. The molecule has 0 bridgehead atoms. The minimum Gasteiger partial charge on any atom is -0.481 e. The lowest BCUT2D eigenvalue weighted by Crippen LogP contribution is -2.43. The third-order valence-corrected chi connectivity index (χ3v) is 2.63. The van der Waals surface area contributed by atoms with E-state index in [0.29, 0.717) is 12.3 Å². The monoisotopic (exact) mass is 235 g/mol. The van der Waals surface area contributed by atoms with Crippen LogP contribution in [-0.4, -0.2) is 35.0 Å². The largest absolute Gasteiger partial charge is 0.481 e. The van der Waals surface area contributed by atoms with E-state index in [-0.39, 0.29) is 24.8 Å². The zero-order valence-electron chi connectivity index (χ0n) is 8.61. The first kappa shape index (κ1) is 14.0. The van der Waals surface area contributed by atoms with Crippen molar-refractivity contribution in [2.75, 3.05) is 13.1 Å². The quantitative estimate of drug-likeness (QED) is 0.500. The van der Waals surface area contributed by atoms with Crippen LogP contribution in [0, 0.1) is 11.3 Å². The van der Waals surface area contributed by atoms with Gasteiger partial charge in [0.1, 0.15) is 0 Å². The standard InChI is InChI=1S/C9H17N3O2.ClH/c10-9(11)12-5-1-2-7(6-12)3-4-8(13)14;/h7H,1-6H2,(H3,10,11)(H,13,14);1H. The van der Waals surface area contributed by atoms with Crippen LogP contribution in [0.15, 0.2) is 0 Å². The molecular weight excluding hydrogens is 218 g/mol. The minimum absolute atomic E-state index is 0. The molecule has 1 atom stereocenters. The minimum atomic E-state index is -0.745. The predicted octanol–water partition coefficient (Wildman–Crippen LogP) is 0.878. The van der Waals surface area contributed by atoms with Crippen molar-refractivity contribution in [1.82, 2.24) is 4.90 Å². The van der Waals surface area contributed by atoms with E-state index in [4.69, 9.17) is 16.2 Å². The van der Waals surface area contributed by atoms with Crippen LogP contribution in [0.3, 0.4) is 0 Å². The highest BCUT2D eigenvalue weighted by Crippen LogP contribution is 2.20. The van der Waals surface area contributed by atoms with Gasteiger partial charge in [-0.25, -0.2) is 0 Å². The molecular formula is C9H18ClN3O2. The number of carboxylic acids is 1. The number of hydrogen-bond acceptors (Lipinski definition) is 2. The first-order chi connectivity index (χ1) is 6.59. The van der Waals surface area contributed by atoms with Crippen molar-refractivity contribution in [3.63, 3.8) is 0 Å². The molecule has 0 aromatic heterocycles. The number of carboxylic acid groups (broad SMARTS) is 1. The third kappa shape index (κ3) is 4.88. The van der Waals surface area contributed by atoms with Crippen LogP contribution in [0.5, 0.6) is 0 Å². The maximum Gasteiger partial charge on any atom is 0.303 e. The molecule has 15 heavy (non-hydrogen) atoms. The Balaban J connectivity index is 0.00000196. The van der Waals surface area contributed by atoms with E-state index in [1.54, 1.807) is 0 Å². The summed E-state index contributed by atoms with van der Waals surface area (Å²) in [6.07, 6.45) is 2.97. The summed E-state index contributed by atoms with van der Waals surface area (Å²) in [6, 6.07) is 0. The average molecular weight is 236 g/mol. The molecule has 1 saturated heterocycles. The van der Waals surface area contributed by atoms with Gasteiger partial charge in [-0.05, 0) is 25.2 Å². The van der Waals surface area contributed by atoms with Gasteiger partial charge in [0.05, 0.1) is 0 Å². The van der Waals surface area contributed by atoms with Crippen LogP contribution in [-0.2, 0) is 4.79 Å². The number of halogens is 1.